The summed E-state index contributed by atoms with van der Waals surface area (Å²) in [6.07, 6.45) is 11.7. The first-order chi connectivity index (χ1) is 9.95. The molecule has 0 bridgehead atoms. The van der Waals surface area contributed by atoms with E-state index in [9.17, 15) is 4.79 Å². The van der Waals surface area contributed by atoms with Gasteiger partial charge in [-0.05, 0) is 25.5 Å². The molecule has 0 amide bonds. The van der Waals surface area contributed by atoms with E-state index in [-0.39, 0.29) is 5.97 Å². The highest BCUT2D eigenvalue weighted by Gasteiger charge is 1.99. The molecule has 0 spiro atoms. The van der Waals surface area contributed by atoms with E-state index in [0.29, 0.717) is 23.3 Å². The van der Waals surface area contributed by atoms with E-state index in [1.807, 2.05) is 0 Å². The monoisotopic (exact) mass is 340 g/mol. The number of rotatable bonds is 12. The van der Waals surface area contributed by atoms with Gasteiger partial charge < -0.3 is 19.4 Å². The second-order valence-corrected chi connectivity index (χ2v) is 9.16. The predicted molar refractivity (Wildman–Crippen MR) is 89.9 cm³/mol. The fourth-order valence-electron chi connectivity index (χ4n) is 1.84. The maximum atomic E-state index is 11.0. The zero-order valence-electron chi connectivity index (χ0n) is 12.8. The van der Waals surface area contributed by atoms with Gasteiger partial charge in [-0.25, -0.2) is 4.79 Å². The van der Waals surface area contributed by atoms with E-state index in [1.54, 1.807) is 13.0 Å². The van der Waals surface area contributed by atoms with Crippen molar-refractivity contribution in [1.29, 1.82) is 0 Å². The molecule has 0 radical (unpaired) electrons. The lowest BCUT2D eigenvalue weighted by atomic mass is 10.1. The molecule has 0 fully saturated rings. The third kappa shape index (κ3) is 17.8. The smallest absolute Gasteiger partial charge is 0.330 e. The van der Waals surface area contributed by atoms with Crippen LogP contribution in [-0.4, -0.2) is 33.0 Å². The van der Waals surface area contributed by atoms with Crippen molar-refractivity contribution in [2.24, 2.45) is 0 Å². The van der Waals surface area contributed by atoms with Crippen LogP contribution in [0.25, 0.3) is 0 Å². The second-order valence-electron chi connectivity index (χ2n) is 4.90. The van der Waals surface area contributed by atoms with Crippen molar-refractivity contribution in [3.05, 3.63) is 12.2 Å². The van der Waals surface area contributed by atoms with Gasteiger partial charge in [-0.2, -0.15) is 0 Å². The Kier molecular flexibility index (Phi) is 13.4. The normalized spacial score (nSPS) is 12.0. The molecule has 0 saturated heterocycles. The Balaban J connectivity index is 3.21. The van der Waals surface area contributed by atoms with Gasteiger partial charge in [0.15, 0.2) is 0 Å². The van der Waals surface area contributed by atoms with Gasteiger partial charge in [0.05, 0.1) is 6.61 Å². The zero-order chi connectivity index (χ0) is 16.0. The fraction of sp³-hybridized carbons (Fsp3) is 0.786. The Morgan fingerprint density at radius 1 is 1.00 bits per heavy atom. The number of unbranched alkanes of at least 4 members (excludes halogenated alkanes) is 7. The molecule has 0 aliphatic rings. The third-order valence-corrected chi connectivity index (χ3v) is 5.52. The maximum Gasteiger partial charge on any atom is 0.330 e. The number of carbonyl (C=O) groups excluding carboxylic acids is 1. The van der Waals surface area contributed by atoms with Crippen molar-refractivity contribution in [3.8, 4) is 0 Å². The van der Waals surface area contributed by atoms with E-state index in [2.05, 4.69) is 0 Å². The van der Waals surface area contributed by atoms with Gasteiger partial charge in [0.25, 0.3) is 6.72 Å². The lowest BCUT2D eigenvalue weighted by Gasteiger charge is -2.04. The Bertz CT molecular complexity index is 343. The summed E-state index contributed by atoms with van der Waals surface area (Å²) in [5, 5.41) is 0. The van der Waals surface area contributed by atoms with E-state index >= 15 is 0 Å². The number of ether oxygens (including phenoxy) is 1. The van der Waals surface area contributed by atoms with Crippen molar-refractivity contribution in [2.75, 3.05) is 12.4 Å². The van der Waals surface area contributed by atoms with Crippen LogP contribution in [-0.2, 0) is 20.5 Å². The van der Waals surface area contributed by atoms with E-state index in [0.717, 1.165) is 38.5 Å². The van der Waals surface area contributed by atoms with Crippen LogP contribution >= 0.6 is 6.72 Å². The molecule has 0 rings (SSSR count). The number of hydrogen-bond donors (Lipinski definition) is 4. The molecule has 3 N–H and O–H groups in total. The van der Waals surface area contributed by atoms with Gasteiger partial charge in [-0.1, -0.05) is 44.6 Å². The molecule has 0 heterocycles. The third-order valence-electron chi connectivity index (χ3n) is 2.89. The maximum absolute atomic E-state index is 11.0. The highest BCUT2D eigenvalue weighted by atomic mass is 32.5. The largest absolute Gasteiger partial charge is 0.463 e. The number of carbonyl (C=O) groups is 1. The van der Waals surface area contributed by atoms with Gasteiger partial charge in [-0.15, -0.1) is 10.9 Å². The molecule has 0 saturated carbocycles. The molecule has 0 aromatic carbocycles. The van der Waals surface area contributed by atoms with Gasteiger partial charge in [0.1, 0.15) is 0 Å². The number of allylic oxidation sites excluding steroid dienone is 1. The Morgan fingerprint density at radius 2 is 1.52 bits per heavy atom. The van der Waals surface area contributed by atoms with Crippen molar-refractivity contribution < 1.29 is 24.2 Å². The molecular weight excluding hydrogens is 311 g/mol. The Morgan fingerprint density at radius 3 is 2.05 bits per heavy atom. The first kappa shape index (κ1) is 20.9. The minimum Gasteiger partial charge on any atom is -0.463 e. The molecule has 0 aliphatic carbocycles. The Labute approximate surface area is 131 Å². The van der Waals surface area contributed by atoms with Crippen molar-refractivity contribution >= 4 is 23.6 Å². The summed E-state index contributed by atoms with van der Waals surface area (Å²) >= 11 is 0. The lowest BCUT2D eigenvalue weighted by Crippen LogP contribution is -2.01. The van der Waals surface area contributed by atoms with Crippen molar-refractivity contribution in [3.63, 3.8) is 0 Å². The molecule has 7 heteroatoms. The molecule has 0 atom stereocenters. The topological polar surface area (TPSA) is 87.0 Å². The lowest BCUT2D eigenvalue weighted by molar-refractivity contribution is -0.137. The van der Waals surface area contributed by atoms with E-state index < -0.39 is 6.72 Å². The van der Waals surface area contributed by atoms with Crippen LogP contribution in [0.2, 0.25) is 0 Å². The first-order valence-electron chi connectivity index (χ1n) is 7.51. The van der Waals surface area contributed by atoms with Crippen LogP contribution in [0.3, 0.4) is 0 Å². The molecule has 0 aromatic heterocycles. The minimum atomic E-state index is -3.57. The number of hydrogen-bond acceptors (Lipinski definition) is 2. The summed E-state index contributed by atoms with van der Waals surface area (Å²) in [5.41, 5.74) is 0. The summed E-state index contributed by atoms with van der Waals surface area (Å²) in [7, 11) is 0.365. The number of esters is 1. The minimum absolute atomic E-state index is 0.267. The highest BCUT2D eigenvalue weighted by molar-refractivity contribution is 8.16. The summed E-state index contributed by atoms with van der Waals surface area (Å²) in [6, 6.07) is 0. The van der Waals surface area contributed by atoms with Crippen LogP contribution in [0.15, 0.2) is 12.2 Å². The molecule has 5 nitrogen and oxygen atoms in total. The van der Waals surface area contributed by atoms with Gasteiger partial charge in [-0.3, -0.25) is 0 Å². The van der Waals surface area contributed by atoms with E-state index in [1.165, 1.54) is 18.9 Å². The summed E-state index contributed by atoms with van der Waals surface area (Å²) in [6.45, 7) is -1.29. The molecule has 0 aliphatic heterocycles. The van der Waals surface area contributed by atoms with E-state index in [4.69, 9.17) is 19.4 Å². The summed E-state index contributed by atoms with van der Waals surface area (Å²) < 4.78 is 5.00. The standard InChI is InChI=1S/C14H29O5PS/c1-2-11-14(15)19-12-9-7-5-3-4-6-8-10-13-21-20(16,17)18/h2,11,16-18,21H,3-10,12-13H2,1H3. The Hall–Kier alpha value is -0.130. The number of thiol groups is 1. The summed E-state index contributed by atoms with van der Waals surface area (Å²) in [4.78, 5) is 37.4. The van der Waals surface area contributed by atoms with Crippen LogP contribution < -0.4 is 0 Å². The molecule has 126 valence electrons. The van der Waals surface area contributed by atoms with Gasteiger partial charge in [0, 0.05) is 6.08 Å². The quantitative estimate of drug-likeness (QED) is 0.144. The van der Waals surface area contributed by atoms with Gasteiger partial charge >= 0.3 is 5.97 Å². The predicted octanol–water partition coefficient (Wildman–Crippen LogP) is 2.70. The first-order valence-corrected chi connectivity index (χ1v) is 10.9. The second kappa shape index (κ2) is 13.5. The summed E-state index contributed by atoms with van der Waals surface area (Å²) in [5.74, 6) is 0.381. The zero-order valence-corrected chi connectivity index (χ0v) is 14.6. The molecule has 21 heavy (non-hydrogen) atoms. The van der Waals surface area contributed by atoms with Crippen LogP contribution in [0.5, 0.6) is 0 Å². The van der Waals surface area contributed by atoms with Gasteiger partial charge in [0.2, 0.25) is 0 Å². The molecular formula is C14H29O5PS. The highest BCUT2D eigenvalue weighted by Crippen LogP contribution is 2.31. The molecule has 0 aromatic rings. The van der Waals surface area contributed by atoms with Crippen LogP contribution in [0.4, 0.5) is 0 Å². The van der Waals surface area contributed by atoms with Crippen LogP contribution in [0.1, 0.15) is 58.3 Å². The fourth-order valence-corrected chi connectivity index (χ4v) is 3.70. The average molecular weight is 340 g/mol. The van der Waals surface area contributed by atoms with Crippen LogP contribution in [0, 0.1) is 0 Å². The van der Waals surface area contributed by atoms with Crippen molar-refractivity contribution in [1.82, 2.24) is 0 Å². The van der Waals surface area contributed by atoms with Crippen molar-refractivity contribution in [2.45, 2.75) is 58.3 Å². The SMILES string of the molecule is CC=CC(=O)OCCCCCCCCCC[SH]=P(O)(O)O. The average Bonchev–Trinajstić information content (AvgIpc) is 2.39. The molecule has 0 unspecified atom stereocenters.